The number of carboxylic acid groups (broad SMARTS) is 1. The van der Waals surface area contributed by atoms with Crippen LogP contribution in [0.15, 0.2) is 22.0 Å². The number of carbonyl (C=O) groups excluding carboxylic acids is 3. The third-order valence-corrected chi connectivity index (χ3v) is 5.15. The summed E-state index contributed by atoms with van der Waals surface area (Å²) < 4.78 is 10.1. The normalized spacial score (nSPS) is 21.4. The summed E-state index contributed by atoms with van der Waals surface area (Å²) in [5, 5.41) is 25.6. The molecule has 2 atom stereocenters. The van der Waals surface area contributed by atoms with Gasteiger partial charge in [-0.1, -0.05) is 4.68 Å². The molecule has 1 fully saturated rings. The Kier molecular flexibility index (Phi) is 5.03. The van der Waals surface area contributed by atoms with Crippen LogP contribution in [0.4, 0.5) is 0 Å². The molecule has 1 aromatic heterocycles. The summed E-state index contributed by atoms with van der Waals surface area (Å²) in [4.78, 5) is 48.0. The Labute approximate surface area is 155 Å². The standard InChI is InChI=1S/C14H14N4O8S/c1-6(19)25-4-7-5-27-13-10(12(22)18(13)11(7)14(23)24)15-8(20)2-17-3-9(21)26-16-17/h3,10,13H,2,4-5H2,1H3,(H2-,15,16,20,21,23,24)/t10?,13-/m0/s1. The van der Waals surface area contributed by atoms with Crippen molar-refractivity contribution in [2.75, 3.05) is 12.4 Å². The predicted molar refractivity (Wildman–Crippen MR) is 82.5 cm³/mol. The first-order valence-corrected chi connectivity index (χ1v) is 8.69. The number of aromatic nitrogens is 2. The molecule has 13 heteroatoms. The van der Waals surface area contributed by atoms with Crippen LogP contribution in [0.25, 0.3) is 0 Å². The molecule has 0 aliphatic carbocycles. The van der Waals surface area contributed by atoms with Gasteiger partial charge in [0.2, 0.25) is 6.20 Å². The molecule has 3 rings (SSSR count). The van der Waals surface area contributed by atoms with E-state index < -0.39 is 41.1 Å². The van der Waals surface area contributed by atoms with Gasteiger partial charge in [-0.15, -0.1) is 11.8 Å². The highest BCUT2D eigenvalue weighted by molar-refractivity contribution is 8.00. The number of rotatable bonds is 6. The lowest BCUT2D eigenvalue weighted by Gasteiger charge is -2.49. The second-order valence-electron chi connectivity index (χ2n) is 5.71. The summed E-state index contributed by atoms with van der Waals surface area (Å²) in [6, 6.07) is -0.911. The number of nitrogens with zero attached hydrogens (tertiary/aromatic N) is 3. The minimum Gasteiger partial charge on any atom is -0.539 e. The third kappa shape index (κ3) is 3.72. The molecule has 1 aromatic rings. The van der Waals surface area contributed by atoms with E-state index in [1.54, 1.807) is 0 Å². The van der Waals surface area contributed by atoms with E-state index in [0.29, 0.717) is 5.57 Å². The lowest BCUT2D eigenvalue weighted by atomic mass is 10.0. The van der Waals surface area contributed by atoms with Gasteiger partial charge in [-0.3, -0.25) is 19.3 Å². The molecular formula is C14H14N4O8S. The molecule has 1 saturated heterocycles. The molecule has 0 bridgehead atoms. The minimum atomic E-state index is -1.32. The average Bonchev–Trinajstić information content (AvgIpc) is 3.01. The molecule has 3 heterocycles. The van der Waals surface area contributed by atoms with Crippen LogP contribution < -0.4 is 15.1 Å². The molecule has 2 N–H and O–H groups in total. The lowest BCUT2D eigenvalue weighted by molar-refractivity contribution is -0.751. The Morgan fingerprint density at radius 1 is 1.56 bits per heavy atom. The van der Waals surface area contributed by atoms with Gasteiger partial charge in [-0.25, -0.2) is 4.79 Å². The number of esters is 1. The van der Waals surface area contributed by atoms with Gasteiger partial charge in [-0.2, -0.15) is 0 Å². The molecule has 12 nitrogen and oxygen atoms in total. The van der Waals surface area contributed by atoms with Gasteiger partial charge in [0.1, 0.15) is 29.7 Å². The van der Waals surface area contributed by atoms with Crippen molar-refractivity contribution in [2.24, 2.45) is 0 Å². The van der Waals surface area contributed by atoms with Gasteiger partial charge in [0, 0.05) is 18.2 Å². The van der Waals surface area contributed by atoms with E-state index in [1.165, 1.54) is 18.7 Å². The molecule has 2 aliphatic heterocycles. The van der Waals surface area contributed by atoms with E-state index >= 15 is 0 Å². The fraction of sp³-hybridized carbons (Fsp3) is 0.429. The number of nitrogens with one attached hydrogen (secondary N) is 1. The molecule has 1 unspecified atom stereocenters. The maximum atomic E-state index is 12.4. The lowest BCUT2D eigenvalue weighted by Crippen LogP contribution is -2.71. The fourth-order valence-electron chi connectivity index (χ4n) is 2.69. The van der Waals surface area contributed by atoms with Crippen molar-refractivity contribution >= 4 is 35.5 Å². The summed E-state index contributed by atoms with van der Waals surface area (Å²) in [5.74, 6) is -3.54. The molecule has 0 saturated carbocycles. The van der Waals surface area contributed by atoms with Crippen LogP contribution in [-0.2, 0) is 30.5 Å². The molecular weight excluding hydrogens is 384 g/mol. The van der Waals surface area contributed by atoms with Crippen LogP contribution in [0.3, 0.4) is 0 Å². The average molecular weight is 398 g/mol. The molecule has 0 spiro atoms. The first-order valence-electron chi connectivity index (χ1n) is 7.64. The smallest absolute Gasteiger partial charge is 0.352 e. The van der Waals surface area contributed by atoms with Gasteiger partial charge in [0.25, 0.3) is 18.4 Å². The monoisotopic (exact) mass is 398 g/mol. The van der Waals surface area contributed by atoms with E-state index in [-0.39, 0.29) is 24.6 Å². The summed E-state index contributed by atoms with van der Waals surface area (Å²) in [6.07, 6.45) is 0.983. The highest BCUT2D eigenvalue weighted by atomic mass is 32.2. The first kappa shape index (κ1) is 18.7. The number of fused-ring (bicyclic) bond motifs is 1. The van der Waals surface area contributed by atoms with Crippen LogP contribution in [-0.4, -0.2) is 62.8 Å². The summed E-state index contributed by atoms with van der Waals surface area (Å²) >= 11 is 1.25. The zero-order chi connectivity index (χ0) is 19.7. The largest absolute Gasteiger partial charge is 0.539 e. The number of amides is 2. The van der Waals surface area contributed by atoms with Gasteiger partial charge in [-0.05, 0) is 0 Å². The van der Waals surface area contributed by atoms with E-state index in [2.05, 4.69) is 15.1 Å². The van der Waals surface area contributed by atoms with Crippen LogP contribution in [0.2, 0.25) is 0 Å². The Morgan fingerprint density at radius 2 is 2.30 bits per heavy atom. The summed E-state index contributed by atoms with van der Waals surface area (Å²) in [5.41, 5.74) is 0.0653. The number of β-lactam (4-membered cyclic amide) rings is 1. The minimum absolute atomic E-state index is 0.224. The van der Waals surface area contributed by atoms with E-state index in [1.807, 2.05) is 0 Å². The van der Waals surface area contributed by atoms with Crippen molar-refractivity contribution in [1.82, 2.24) is 15.5 Å². The molecule has 2 aliphatic rings. The first-order chi connectivity index (χ1) is 12.8. The Balaban J connectivity index is 1.68. The number of ether oxygens (including phenoxy) is 1. The quantitative estimate of drug-likeness (QED) is 0.293. The highest BCUT2D eigenvalue weighted by Crippen LogP contribution is 2.40. The summed E-state index contributed by atoms with van der Waals surface area (Å²) in [6.45, 7) is 0.646. The summed E-state index contributed by atoms with van der Waals surface area (Å²) in [7, 11) is 0. The van der Waals surface area contributed by atoms with Gasteiger partial charge in [0.15, 0.2) is 0 Å². The molecule has 27 heavy (non-hydrogen) atoms. The number of carbonyl (C=O) groups is 4. The molecule has 144 valence electrons. The maximum Gasteiger partial charge on any atom is 0.352 e. The highest BCUT2D eigenvalue weighted by Gasteiger charge is 2.54. The van der Waals surface area contributed by atoms with E-state index in [0.717, 1.165) is 15.8 Å². The molecule has 0 aromatic carbocycles. The SMILES string of the molecule is CC(=O)OCC1=C(C(=O)O)N2C(=O)C(NC(=O)C[n+]3cc([O-])on3)[C@@H]2SC1. The van der Waals surface area contributed by atoms with Crippen LogP contribution in [0.1, 0.15) is 6.92 Å². The zero-order valence-corrected chi connectivity index (χ0v) is 14.7. The third-order valence-electron chi connectivity index (χ3n) is 3.81. The van der Waals surface area contributed by atoms with Crippen molar-refractivity contribution in [1.29, 1.82) is 0 Å². The number of aliphatic carboxylic acids is 1. The van der Waals surface area contributed by atoms with Crippen LogP contribution in [0, 0.1) is 0 Å². The predicted octanol–water partition coefficient (Wildman–Crippen LogP) is -2.66. The Bertz CT molecular complexity index is 850. The Morgan fingerprint density at radius 3 is 2.89 bits per heavy atom. The maximum absolute atomic E-state index is 12.4. The number of carboxylic acids is 1. The fourth-order valence-corrected chi connectivity index (χ4v) is 4.01. The van der Waals surface area contributed by atoms with Crippen molar-refractivity contribution < 1.29 is 43.3 Å². The Hall–Kier alpha value is -3.09. The zero-order valence-electron chi connectivity index (χ0n) is 13.9. The van der Waals surface area contributed by atoms with Crippen molar-refractivity contribution in [3.8, 4) is 5.95 Å². The second kappa shape index (κ2) is 7.26. The topological polar surface area (TPSA) is 166 Å². The van der Waals surface area contributed by atoms with Crippen LogP contribution >= 0.6 is 11.8 Å². The van der Waals surface area contributed by atoms with E-state index in [4.69, 9.17) is 4.74 Å². The second-order valence-corrected chi connectivity index (χ2v) is 6.82. The number of thioether (sulfide) groups is 1. The molecule has 0 radical (unpaired) electrons. The van der Waals surface area contributed by atoms with Gasteiger partial charge >= 0.3 is 11.9 Å². The molecule has 2 amide bonds. The van der Waals surface area contributed by atoms with Gasteiger partial charge < -0.3 is 24.8 Å². The number of hydrogen-bond acceptors (Lipinski definition) is 9. The van der Waals surface area contributed by atoms with Gasteiger partial charge in [0.05, 0.1) is 5.27 Å². The van der Waals surface area contributed by atoms with Crippen molar-refractivity contribution in [3.63, 3.8) is 0 Å². The van der Waals surface area contributed by atoms with E-state index in [9.17, 15) is 29.4 Å². The van der Waals surface area contributed by atoms with Crippen molar-refractivity contribution in [3.05, 3.63) is 17.5 Å². The van der Waals surface area contributed by atoms with Crippen LogP contribution in [0.5, 0.6) is 5.95 Å². The van der Waals surface area contributed by atoms with Crippen molar-refractivity contribution in [2.45, 2.75) is 24.9 Å². The number of hydrogen-bond donors (Lipinski definition) is 2.